The van der Waals surface area contributed by atoms with E-state index in [9.17, 15) is 19.5 Å². The molecule has 0 aliphatic carbocycles. The average Bonchev–Trinajstić information content (AvgIpc) is 3.59. The Morgan fingerprint density at radius 3 is 2.59 bits per heavy atom. The van der Waals surface area contributed by atoms with Gasteiger partial charge < -0.3 is 14.6 Å². The van der Waals surface area contributed by atoms with Gasteiger partial charge in [0.15, 0.2) is 5.13 Å². The van der Waals surface area contributed by atoms with Crippen LogP contribution in [0.5, 0.6) is 5.75 Å². The zero-order valence-corrected chi connectivity index (χ0v) is 22.4. The molecule has 3 heterocycles. The number of ketones is 1. The summed E-state index contributed by atoms with van der Waals surface area (Å²) in [5.74, 6) is -1.75. The second kappa shape index (κ2) is 9.52. The van der Waals surface area contributed by atoms with Crippen LogP contribution >= 0.6 is 22.9 Å². The maximum atomic E-state index is 13.5. The number of carbonyl (C=O) groups is 3. The van der Waals surface area contributed by atoms with E-state index in [1.54, 1.807) is 60.7 Å². The molecule has 0 spiro atoms. The van der Waals surface area contributed by atoms with E-state index in [2.05, 4.69) is 4.98 Å². The lowest BCUT2D eigenvalue weighted by Gasteiger charge is -2.23. The van der Waals surface area contributed by atoms with Crippen LogP contribution in [0.4, 0.5) is 5.13 Å². The predicted molar refractivity (Wildman–Crippen MR) is 147 cm³/mol. The normalized spacial score (nSPS) is 19.8. The van der Waals surface area contributed by atoms with Gasteiger partial charge in [0.2, 0.25) is 0 Å². The van der Waals surface area contributed by atoms with Gasteiger partial charge in [-0.3, -0.25) is 14.5 Å². The number of carbonyl (C=O) groups excluding carboxylic acids is 3. The van der Waals surface area contributed by atoms with Crippen LogP contribution in [0.1, 0.15) is 40.0 Å². The number of fused-ring (bicyclic) bond motifs is 2. The van der Waals surface area contributed by atoms with E-state index in [-0.39, 0.29) is 22.6 Å². The van der Waals surface area contributed by atoms with Gasteiger partial charge in [-0.15, -0.1) is 0 Å². The molecule has 1 saturated heterocycles. The smallest absolute Gasteiger partial charge is 0.337 e. The monoisotopic (exact) mass is 560 g/mol. The summed E-state index contributed by atoms with van der Waals surface area (Å²) in [4.78, 5) is 44.9. The number of thiazole rings is 1. The highest BCUT2D eigenvalue weighted by atomic mass is 35.5. The highest BCUT2D eigenvalue weighted by molar-refractivity contribution is 7.22. The van der Waals surface area contributed by atoms with Crippen LogP contribution in [0.2, 0.25) is 5.02 Å². The van der Waals surface area contributed by atoms with Gasteiger partial charge in [-0.05, 0) is 66.6 Å². The molecule has 0 radical (unpaired) electrons. The molecule has 6 rings (SSSR count). The van der Waals surface area contributed by atoms with Crippen molar-refractivity contribution in [2.24, 2.45) is 0 Å². The lowest BCUT2D eigenvalue weighted by atomic mass is 9.94. The lowest BCUT2D eigenvalue weighted by Crippen LogP contribution is -2.29. The number of anilines is 1. The maximum Gasteiger partial charge on any atom is 0.337 e. The molecule has 1 amide bonds. The number of aliphatic hydroxyl groups excluding tert-OH is 1. The number of benzene rings is 3. The van der Waals surface area contributed by atoms with Crippen LogP contribution in [0, 0.1) is 0 Å². The number of halogens is 1. The largest absolute Gasteiger partial charge is 0.507 e. The van der Waals surface area contributed by atoms with Crippen molar-refractivity contribution in [2.75, 3.05) is 12.0 Å². The highest BCUT2D eigenvalue weighted by Gasteiger charge is 2.48. The number of esters is 1. The molecular formula is C29H21ClN2O6S. The topological polar surface area (TPSA) is 106 Å². The van der Waals surface area contributed by atoms with E-state index in [4.69, 9.17) is 21.1 Å². The molecule has 10 heteroatoms. The first-order valence-corrected chi connectivity index (χ1v) is 13.3. The summed E-state index contributed by atoms with van der Waals surface area (Å²) in [6, 6.07) is 15.7. The Balaban J connectivity index is 1.52. The van der Waals surface area contributed by atoms with E-state index in [1.165, 1.54) is 23.3 Å². The van der Waals surface area contributed by atoms with E-state index < -0.39 is 23.7 Å². The van der Waals surface area contributed by atoms with Gasteiger partial charge in [0.25, 0.3) is 5.78 Å². The second-order valence-electron chi connectivity index (χ2n) is 9.35. The Bertz CT molecular complexity index is 1710. The van der Waals surface area contributed by atoms with E-state index in [0.29, 0.717) is 33.7 Å². The summed E-state index contributed by atoms with van der Waals surface area (Å²) in [5.41, 5.74) is 2.67. The van der Waals surface area contributed by atoms with E-state index in [1.807, 2.05) is 6.92 Å². The van der Waals surface area contributed by atoms with Crippen molar-refractivity contribution in [3.05, 3.63) is 93.5 Å². The molecular weight excluding hydrogens is 540 g/mol. The van der Waals surface area contributed by atoms with Gasteiger partial charge in [-0.25, -0.2) is 9.78 Å². The molecule has 2 atom stereocenters. The number of hydrogen-bond acceptors (Lipinski definition) is 8. The van der Waals surface area contributed by atoms with Crippen molar-refractivity contribution in [3.63, 3.8) is 0 Å². The number of amides is 1. The zero-order valence-electron chi connectivity index (χ0n) is 20.8. The van der Waals surface area contributed by atoms with Gasteiger partial charge in [0.1, 0.15) is 17.6 Å². The van der Waals surface area contributed by atoms with Gasteiger partial charge >= 0.3 is 11.9 Å². The number of aromatic nitrogens is 1. The Morgan fingerprint density at radius 2 is 1.85 bits per heavy atom. The Labute approximate surface area is 232 Å². The van der Waals surface area contributed by atoms with Crippen molar-refractivity contribution in [2.45, 2.75) is 25.5 Å². The number of aliphatic hydroxyl groups is 1. The van der Waals surface area contributed by atoms with Crippen LogP contribution in [-0.2, 0) is 20.7 Å². The Kier molecular flexibility index (Phi) is 6.12. The molecule has 39 heavy (non-hydrogen) atoms. The molecule has 2 aliphatic rings. The molecule has 1 N–H and O–H groups in total. The van der Waals surface area contributed by atoms with Crippen LogP contribution in [0.3, 0.4) is 0 Å². The summed E-state index contributed by atoms with van der Waals surface area (Å²) in [6.45, 7) is 1.95. The Hall–Kier alpha value is -4.21. The van der Waals surface area contributed by atoms with Crippen molar-refractivity contribution < 1.29 is 29.0 Å². The second-order valence-corrected chi connectivity index (χ2v) is 10.8. The van der Waals surface area contributed by atoms with Crippen LogP contribution < -0.4 is 9.64 Å². The van der Waals surface area contributed by atoms with E-state index in [0.717, 1.165) is 16.0 Å². The molecule has 0 saturated carbocycles. The van der Waals surface area contributed by atoms with Crippen molar-refractivity contribution in [1.82, 2.24) is 4.98 Å². The first-order chi connectivity index (χ1) is 18.7. The van der Waals surface area contributed by atoms with Crippen molar-refractivity contribution in [1.29, 1.82) is 0 Å². The minimum atomic E-state index is -0.990. The fraction of sp³-hybridized carbons (Fsp3) is 0.172. The van der Waals surface area contributed by atoms with Crippen LogP contribution in [0.25, 0.3) is 16.0 Å². The summed E-state index contributed by atoms with van der Waals surface area (Å²) >= 11 is 7.37. The highest BCUT2D eigenvalue weighted by Crippen LogP contribution is 2.45. The summed E-state index contributed by atoms with van der Waals surface area (Å²) < 4.78 is 11.3. The molecule has 0 bridgehead atoms. The van der Waals surface area contributed by atoms with Gasteiger partial charge in [0.05, 0.1) is 34.5 Å². The van der Waals surface area contributed by atoms with Crippen molar-refractivity contribution >= 4 is 61.7 Å². The first-order valence-electron chi connectivity index (χ1n) is 12.1. The number of hydrogen-bond donors (Lipinski definition) is 1. The number of methoxy groups -OCH3 is 1. The number of rotatable bonds is 4. The molecule has 3 aromatic carbocycles. The zero-order chi connectivity index (χ0) is 27.4. The quantitative estimate of drug-likeness (QED) is 0.148. The summed E-state index contributed by atoms with van der Waals surface area (Å²) in [6.07, 6.45) is 0.668. The van der Waals surface area contributed by atoms with E-state index >= 15 is 0 Å². The van der Waals surface area contributed by atoms with Gasteiger partial charge in [-0.1, -0.05) is 35.1 Å². The SMILES string of the molecule is COC(=O)c1ccc([C@@H]2/C(=C(\O)c3ccc4c(c3)C[C@@H](C)O4)C(=O)C(=O)N2c2nc3ccc(Cl)cc3s2)cc1. The van der Waals surface area contributed by atoms with Crippen LogP contribution in [0.15, 0.2) is 66.2 Å². The molecule has 1 fully saturated rings. The lowest BCUT2D eigenvalue weighted by molar-refractivity contribution is -0.132. The van der Waals surface area contributed by atoms with Crippen molar-refractivity contribution in [3.8, 4) is 5.75 Å². The Morgan fingerprint density at radius 1 is 1.10 bits per heavy atom. The molecule has 8 nitrogen and oxygen atoms in total. The van der Waals surface area contributed by atoms with Gasteiger partial charge in [0, 0.05) is 17.0 Å². The predicted octanol–water partition coefficient (Wildman–Crippen LogP) is 5.69. The molecule has 2 aliphatic heterocycles. The third-order valence-electron chi connectivity index (χ3n) is 6.81. The fourth-order valence-electron chi connectivity index (χ4n) is 4.98. The third kappa shape index (κ3) is 4.24. The van der Waals surface area contributed by atoms with Gasteiger partial charge in [-0.2, -0.15) is 0 Å². The molecule has 0 unspecified atom stereocenters. The third-order valence-corrected chi connectivity index (χ3v) is 8.06. The first kappa shape index (κ1) is 25.1. The number of nitrogens with zero attached hydrogens (tertiary/aromatic N) is 2. The molecule has 1 aromatic heterocycles. The minimum Gasteiger partial charge on any atom is -0.507 e. The number of ether oxygens (including phenoxy) is 2. The minimum absolute atomic E-state index is 0.00356. The maximum absolute atomic E-state index is 13.5. The molecule has 196 valence electrons. The number of Topliss-reactive ketones (excluding diaryl/α,β-unsaturated/α-hetero) is 1. The standard InChI is InChI=1S/C29H21ClN2O6S/c1-14-11-18-12-17(7-10-21(18)38-14)25(33)23-24(15-3-5-16(6-4-15)28(36)37-2)32(27(35)26(23)34)29-31-20-9-8-19(30)13-22(20)39-29/h3-10,12-14,24,33H,11H2,1-2H3/b25-23+/t14-,24-/m1/s1. The average molecular weight is 561 g/mol. The molecule has 4 aromatic rings. The fourth-order valence-corrected chi connectivity index (χ4v) is 6.25. The summed E-state index contributed by atoms with van der Waals surface area (Å²) in [5, 5.41) is 12.3. The summed E-state index contributed by atoms with van der Waals surface area (Å²) in [7, 11) is 1.28. The van der Waals surface area contributed by atoms with Crippen LogP contribution in [-0.4, -0.2) is 41.0 Å².